The molecule has 0 N–H and O–H groups in total. The Labute approximate surface area is 189 Å². The standard InChI is InChI=1S/C27H30N2O3/c1-2-32-22-15-13-20(14-16-22)24-25(28-18-17-19-9-7-8-12-23(19)28)27(31)29(26(24)30)21-10-5-3-4-6-11-21/h7-9,12-16,21H,2-6,10-11,17-18H2,1H3. The van der Waals surface area contributed by atoms with Crippen LogP contribution in [-0.2, 0) is 16.0 Å². The number of benzene rings is 2. The van der Waals surface area contributed by atoms with Gasteiger partial charge in [-0.3, -0.25) is 14.5 Å². The Morgan fingerprint density at radius 3 is 2.34 bits per heavy atom. The lowest BCUT2D eigenvalue weighted by Crippen LogP contribution is -2.42. The number of ether oxygens (including phenoxy) is 1. The highest BCUT2D eigenvalue weighted by atomic mass is 16.5. The number of carbonyl (C=O) groups excluding carboxylic acids is 2. The molecule has 0 atom stereocenters. The Kier molecular flexibility index (Phi) is 5.73. The van der Waals surface area contributed by atoms with Crippen molar-refractivity contribution in [1.29, 1.82) is 0 Å². The Bertz CT molecular complexity index is 1050. The molecule has 1 saturated carbocycles. The van der Waals surface area contributed by atoms with Crippen molar-refractivity contribution >= 4 is 23.1 Å². The number of anilines is 1. The van der Waals surface area contributed by atoms with Crippen LogP contribution in [0.25, 0.3) is 5.57 Å². The zero-order valence-electron chi connectivity index (χ0n) is 18.7. The predicted molar refractivity (Wildman–Crippen MR) is 125 cm³/mol. The Balaban J connectivity index is 1.59. The van der Waals surface area contributed by atoms with Crippen molar-refractivity contribution in [2.24, 2.45) is 0 Å². The number of carbonyl (C=O) groups is 2. The molecule has 5 nitrogen and oxygen atoms in total. The minimum absolute atomic E-state index is 0.00875. The smallest absolute Gasteiger partial charge is 0.278 e. The van der Waals surface area contributed by atoms with E-state index in [9.17, 15) is 9.59 Å². The molecular formula is C27H30N2O3. The molecular weight excluding hydrogens is 400 g/mol. The monoisotopic (exact) mass is 430 g/mol. The maximum Gasteiger partial charge on any atom is 0.278 e. The summed E-state index contributed by atoms with van der Waals surface area (Å²) in [7, 11) is 0. The van der Waals surface area contributed by atoms with Gasteiger partial charge >= 0.3 is 0 Å². The molecule has 0 radical (unpaired) electrons. The molecule has 5 heteroatoms. The zero-order valence-corrected chi connectivity index (χ0v) is 18.7. The highest BCUT2D eigenvalue weighted by Crippen LogP contribution is 2.40. The van der Waals surface area contributed by atoms with E-state index in [1.54, 1.807) is 4.90 Å². The third-order valence-corrected chi connectivity index (χ3v) is 6.89. The first-order chi connectivity index (χ1) is 15.7. The van der Waals surface area contributed by atoms with Crippen LogP contribution in [0.4, 0.5) is 5.69 Å². The first-order valence-corrected chi connectivity index (χ1v) is 11.9. The van der Waals surface area contributed by atoms with Gasteiger partial charge < -0.3 is 9.64 Å². The summed E-state index contributed by atoms with van der Waals surface area (Å²) in [6, 6.07) is 15.8. The number of imide groups is 1. The van der Waals surface area contributed by atoms with Crippen LogP contribution in [-0.4, -0.2) is 35.9 Å². The highest BCUT2D eigenvalue weighted by molar-refractivity contribution is 6.37. The van der Waals surface area contributed by atoms with Crippen LogP contribution < -0.4 is 9.64 Å². The van der Waals surface area contributed by atoms with Crippen LogP contribution in [0.1, 0.15) is 56.6 Å². The quantitative estimate of drug-likeness (QED) is 0.497. The Hall–Kier alpha value is -3.08. The molecule has 3 aliphatic rings. The molecule has 2 aromatic rings. The van der Waals surface area contributed by atoms with Gasteiger partial charge in [0.15, 0.2) is 0 Å². The topological polar surface area (TPSA) is 49.9 Å². The number of nitrogens with zero attached hydrogens (tertiary/aromatic N) is 2. The van der Waals surface area contributed by atoms with Crippen molar-refractivity contribution in [1.82, 2.24) is 4.90 Å². The van der Waals surface area contributed by atoms with Gasteiger partial charge in [-0.05, 0) is 55.5 Å². The van der Waals surface area contributed by atoms with E-state index in [1.807, 2.05) is 43.3 Å². The molecule has 5 rings (SSSR count). The van der Waals surface area contributed by atoms with Crippen LogP contribution in [0.2, 0.25) is 0 Å². The number of hydrogen-bond acceptors (Lipinski definition) is 4. The molecule has 2 aliphatic heterocycles. The van der Waals surface area contributed by atoms with Gasteiger partial charge in [-0.2, -0.15) is 0 Å². The van der Waals surface area contributed by atoms with Gasteiger partial charge in [-0.25, -0.2) is 0 Å². The minimum atomic E-state index is -0.148. The van der Waals surface area contributed by atoms with E-state index in [0.29, 0.717) is 24.4 Å². The van der Waals surface area contributed by atoms with E-state index >= 15 is 0 Å². The number of para-hydroxylation sites is 1. The van der Waals surface area contributed by atoms with Crippen LogP contribution in [0.3, 0.4) is 0 Å². The summed E-state index contributed by atoms with van der Waals surface area (Å²) in [5.74, 6) is 0.482. The summed E-state index contributed by atoms with van der Waals surface area (Å²) in [4.78, 5) is 31.3. The second kappa shape index (κ2) is 8.81. The van der Waals surface area contributed by atoms with E-state index in [-0.39, 0.29) is 17.9 Å². The van der Waals surface area contributed by atoms with Gasteiger partial charge in [0.2, 0.25) is 0 Å². The van der Waals surface area contributed by atoms with E-state index < -0.39 is 0 Å². The fraction of sp³-hybridized carbons (Fsp3) is 0.407. The third kappa shape index (κ3) is 3.60. The fourth-order valence-electron chi connectivity index (χ4n) is 5.35. The molecule has 2 aromatic carbocycles. The molecule has 2 heterocycles. The summed E-state index contributed by atoms with van der Waals surface area (Å²) >= 11 is 0. The van der Waals surface area contributed by atoms with Crippen LogP contribution in [0.15, 0.2) is 54.2 Å². The molecule has 0 saturated heterocycles. The van der Waals surface area contributed by atoms with Gasteiger partial charge in [0, 0.05) is 18.3 Å². The zero-order chi connectivity index (χ0) is 22.1. The summed E-state index contributed by atoms with van der Waals surface area (Å²) in [5, 5.41) is 0. The molecule has 2 amide bonds. The maximum absolute atomic E-state index is 13.9. The van der Waals surface area contributed by atoms with E-state index in [0.717, 1.165) is 49.1 Å². The second-order valence-corrected chi connectivity index (χ2v) is 8.84. The molecule has 32 heavy (non-hydrogen) atoms. The Morgan fingerprint density at radius 1 is 0.906 bits per heavy atom. The molecule has 1 aliphatic carbocycles. The van der Waals surface area contributed by atoms with Crippen molar-refractivity contribution in [2.75, 3.05) is 18.1 Å². The highest BCUT2D eigenvalue weighted by Gasteiger charge is 2.45. The lowest BCUT2D eigenvalue weighted by Gasteiger charge is -2.27. The van der Waals surface area contributed by atoms with Crippen LogP contribution in [0, 0.1) is 0 Å². The van der Waals surface area contributed by atoms with Crippen LogP contribution >= 0.6 is 0 Å². The van der Waals surface area contributed by atoms with E-state index in [2.05, 4.69) is 17.0 Å². The largest absolute Gasteiger partial charge is 0.494 e. The first kappa shape index (κ1) is 20.8. The minimum Gasteiger partial charge on any atom is -0.494 e. The number of rotatable bonds is 5. The van der Waals surface area contributed by atoms with Gasteiger partial charge in [0.1, 0.15) is 11.4 Å². The van der Waals surface area contributed by atoms with Gasteiger partial charge in [-0.15, -0.1) is 0 Å². The summed E-state index contributed by atoms with van der Waals surface area (Å²) < 4.78 is 5.59. The molecule has 0 unspecified atom stereocenters. The average Bonchev–Trinajstić information content (AvgIpc) is 3.20. The number of amides is 2. The van der Waals surface area contributed by atoms with Gasteiger partial charge in [-0.1, -0.05) is 56.0 Å². The summed E-state index contributed by atoms with van der Waals surface area (Å²) in [6.45, 7) is 3.25. The van der Waals surface area contributed by atoms with Crippen LogP contribution in [0.5, 0.6) is 5.75 Å². The second-order valence-electron chi connectivity index (χ2n) is 8.84. The van der Waals surface area contributed by atoms with E-state index in [4.69, 9.17) is 4.74 Å². The number of fused-ring (bicyclic) bond motifs is 1. The lowest BCUT2D eigenvalue weighted by molar-refractivity contribution is -0.139. The maximum atomic E-state index is 13.9. The van der Waals surface area contributed by atoms with Crippen molar-refractivity contribution in [3.8, 4) is 5.75 Å². The SMILES string of the molecule is CCOc1ccc(C2=C(N3CCc4ccccc43)C(=O)N(C3CCCCCC3)C2=O)cc1. The van der Waals surface area contributed by atoms with Crippen molar-refractivity contribution in [3.05, 3.63) is 65.4 Å². The van der Waals surface area contributed by atoms with Gasteiger partial charge in [0.25, 0.3) is 11.8 Å². The lowest BCUT2D eigenvalue weighted by atomic mass is 10.0. The summed E-state index contributed by atoms with van der Waals surface area (Å²) in [5.41, 5.74) is 4.10. The molecule has 0 aromatic heterocycles. The summed E-state index contributed by atoms with van der Waals surface area (Å²) in [6.07, 6.45) is 7.18. The normalized spacial score (nSPS) is 19.5. The van der Waals surface area contributed by atoms with Crippen molar-refractivity contribution < 1.29 is 14.3 Å². The molecule has 1 fully saturated rings. The first-order valence-electron chi connectivity index (χ1n) is 11.9. The third-order valence-electron chi connectivity index (χ3n) is 6.89. The predicted octanol–water partition coefficient (Wildman–Crippen LogP) is 4.95. The Morgan fingerprint density at radius 2 is 1.62 bits per heavy atom. The van der Waals surface area contributed by atoms with E-state index in [1.165, 1.54) is 18.4 Å². The molecule has 0 spiro atoms. The number of hydrogen-bond donors (Lipinski definition) is 0. The van der Waals surface area contributed by atoms with Crippen molar-refractivity contribution in [3.63, 3.8) is 0 Å². The molecule has 0 bridgehead atoms. The van der Waals surface area contributed by atoms with Gasteiger partial charge in [0.05, 0.1) is 12.2 Å². The van der Waals surface area contributed by atoms with Crippen molar-refractivity contribution in [2.45, 2.75) is 57.9 Å². The molecule has 166 valence electrons. The fourth-order valence-corrected chi connectivity index (χ4v) is 5.35. The average molecular weight is 431 g/mol.